The zero-order valence-corrected chi connectivity index (χ0v) is 13.9. The van der Waals surface area contributed by atoms with Crippen LogP contribution in [0.2, 0.25) is 0 Å². The maximum absolute atomic E-state index is 12.2. The lowest BCUT2D eigenvalue weighted by Gasteiger charge is -2.08. The molecule has 1 aromatic heterocycles. The van der Waals surface area contributed by atoms with E-state index >= 15 is 0 Å². The van der Waals surface area contributed by atoms with Crippen LogP contribution in [0.1, 0.15) is 25.6 Å². The number of nitrogens with one attached hydrogen (secondary N) is 2. The third-order valence-corrected chi connectivity index (χ3v) is 4.33. The van der Waals surface area contributed by atoms with Gasteiger partial charge < -0.3 is 10.6 Å². The van der Waals surface area contributed by atoms with Crippen LogP contribution in [0.4, 0.5) is 11.4 Å². The molecular formula is C19H16N2O2S. The summed E-state index contributed by atoms with van der Waals surface area (Å²) in [4.78, 5) is 24.8. The van der Waals surface area contributed by atoms with Gasteiger partial charge in [0.2, 0.25) is 0 Å². The lowest BCUT2D eigenvalue weighted by atomic mass is 10.1. The van der Waals surface area contributed by atoms with Gasteiger partial charge in [-0.3, -0.25) is 9.59 Å². The van der Waals surface area contributed by atoms with Gasteiger partial charge in [-0.2, -0.15) is 0 Å². The van der Waals surface area contributed by atoms with Crippen LogP contribution in [0.25, 0.3) is 0 Å². The van der Waals surface area contributed by atoms with Gasteiger partial charge in [-0.1, -0.05) is 23.8 Å². The van der Waals surface area contributed by atoms with Crippen LogP contribution >= 0.6 is 11.3 Å². The highest BCUT2D eigenvalue weighted by Gasteiger charge is 2.08. The Bertz CT molecular complexity index is 838. The van der Waals surface area contributed by atoms with E-state index in [1.165, 1.54) is 11.3 Å². The zero-order valence-electron chi connectivity index (χ0n) is 13.1. The Morgan fingerprint density at radius 1 is 0.792 bits per heavy atom. The molecule has 0 radical (unpaired) electrons. The molecule has 120 valence electrons. The average molecular weight is 336 g/mol. The number of carbonyl (C=O) groups excluding carboxylic acids is 2. The normalized spacial score (nSPS) is 10.2. The monoisotopic (exact) mass is 336 g/mol. The van der Waals surface area contributed by atoms with E-state index in [0.29, 0.717) is 21.8 Å². The smallest absolute Gasteiger partial charge is 0.265 e. The minimum absolute atomic E-state index is 0.138. The van der Waals surface area contributed by atoms with Crippen molar-refractivity contribution in [1.82, 2.24) is 0 Å². The maximum atomic E-state index is 12.2. The summed E-state index contributed by atoms with van der Waals surface area (Å²) in [5.74, 6) is -0.299. The van der Waals surface area contributed by atoms with E-state index in [0.717, 1.165) is 5.56 Å². The first kappa shape index (κ1) is 16.0. The molecule has 0 atom stereocenters. The highest BCUT2D eigenvalue weighted by Crippen LogP contribution is 2.17. The second kappa shape index (κ2) is 7.10. The van der Waals surface area contributed by atoms with Crippen molar-refractivity contribution in [2.24, 2.45) is 0 Å². The third-order valence-electron chi connectivity index (χ3n) is 3.46. The van der Waals surface area contributed by atoms with Gasteiger partial charge in [-0.05, 0) is 54.8 Å². The van der Waals surface area contributed by atoms with E-state index < -0.39 is 0 Å². The number of hydrogen-bond donors (Lipinski definition) is 2. The number of amides is 2. The van der Waals surface area contributed by atoms with Gasteiger partial charge >= 0.3 is 0 Å². The number of carbonyl (C=O) groups is 2. The van der Waals surface area contributed by atoms with Crippen molar-refractivity contribution >= 4 is 34.5 Å². The van der Waals surface area contributed by atoms with Crippen molar-refractivity contribution in [1.29, 1.82) is 0 Å². The highest BCUT2D eigenvalue weighted by atomic mass is 32.1. The van der Waals surface area contributed by atoms with E-state index in [1.807, 2.05) is 30.5 Å². The number of thiophene rings is 1. The molecule has 2 amide bonds. The molecule has 0 aliphatic heterocycles. The summed E-state index contributed by atoms with van der Waals surface area (Å²) >= 11 is 1.39. The molecule has 5 heteroatoms. The Labute approximate surface area is 144 Å². The van der Waals surface area contributed by atoms with Crippen molar-refractivity contribution in [3.63, 3.8) is 0 Å². The maximum Gasteiger partial charge on any atom is 0.265 e. The van der Waals surface area contributed by atoms with E-state index in [2.05, 4.69) is 10.6 Å². The summed E-state index contributed by atoms with van der Waals surface area (Å²) in [5, 5.41) is 7.52. The summed E-state index contributed by atoms with van der Waals surface area (Å²) in [6.07, 6.45) is 0. The quantitative estimate of drug-likeness (QED) is 0.734. The average Bonchev–Trinajstić information content (AvgIpc) is 3.12. The first-order valence-corrected chi connectivity index (χ1v) is 8.33. The molecule has 0 aliphatic rings. The number of rotatable bonds is 4. The summed E-state index contributed by atoms with van der Waals surface area (Å²) in [7, 11) is 0. The standard InChI is InChI=1S/C19H16N2O2S/c1-13-4-6-14(7-5-13)18(22)20-15-8-10-16(11-9-15)21-19(23)17-3-2-12-24-17/h2-12H,1H3,(H,20,22)(H,21,23). The van der Waals surface area contributed by atoms with Crippen molar-refractivity contribution in [3.8, 4) is 0 Å². The van der Waals surface area contributed by atoms with Gasteiger partial charge in [0.1, 0.15) is 0 Å². The summed E-state index contributed by atoms with van der Waals surface area (Å²) in [5.41, 5.74) is 3.07. The number of anilines is 2. The molecule has 3 rings (SSSR count). The second-order valence-electron chi connectivity index (χ2n) is 5.33. The fourth-order valence-corrected chi connectivity index (χ4v) is 2.76. The van der Waals surface area contributed by atoms with E-state index in [4.69, 9.17) is 0 Å². The van der Waals surface area contributed by atoms with Crippen LogP contribution in [-0.2, 0) is 0 Å². The Morgan fingerprint density at radius 2 is 1.38 bits per heavy atom. The minimum atomic E-state index is -0.162. The molecule has 2 aromatic carbocycles. The highest BCUT2D eigenvalue weighted by molar-refractivity contribution is 7.12. The number of hydrogen-bond acceptors (Lipinski definition) is 3. The predicted molar refractivity (Wildman–Crippen MR) is 97.8 cm³/mol. The van der Waals surface area contributed by atoms with Crippen molar-refractivity contribution in [2.75, 3.05) is 10.6 Å². The van der Waals surface area contributed by atoms with Crippen LogP contribution in [-0.4, -0.2) is 11.8 Å². The first-order valence-electron chi connectivity index (χ1n) is 7.45. The second-order valence-corrected chi connectivity index (χ2v) is 6.28. The molecule has 0 spiro atoms. The molecule has 0 aliphatic carbocycles. The number of aryl methyl sites for hydroxylation is 1. The predicted octanol–water partition coefficient (Wildman–Crippen LogP) is 4.56. The molecule has 0 saturated heterocycles. The van der Waals surface area contributed by atoms with Crippen molar-refractivity contribution in [3.05, 3.63) is 82.0 Å². The Morgan fingerprint density at radius 3 is 1.92 bits per heavy atom. The minimum Gasteiger partial charge on any atom is -0.322 e. The van der Waals surface area contributed by atoms with Crippen molar-refractivity contribution in [2.45, 2.75) is 6.92 Å². The molecule has 1 heterocycles. The molecule has 0 saturated carbocycles. The molecular weight excluding hydrogens is 320 g/mol. The van der Waals surface area contributed by atoms with Crippen LogP contribution < -0.4 is 10.6 Å². The fourth-order valence-electron chi connectivity index (χ4n) is 2.15. The zero-order chi connectivity index (χ0) is 16.9. The molecule has 4 nitrogen and oxygen atoms in total. The van der Waals surface area contributed by atoms with Crippen LogP contribution in [0.3, 0.4) is 0 Å². The first-order chi connectivity index (χ1) is 11.6. The number of benzene rings is 2. The van der Waals surface area contributed by atoms with E-state index in [-0.39, 0.29) is 11.8 Å². The summed E-state index contributed by atoms with van der Waals surface area (Å²) in [6, 6.07) is 18.0. The molecule has 0 unspecified atom stereocenters. The summed E-state index contributed by atoms with van der Waals surface area (Å²) < 4.78 is 0. The van der Waals surface area contributed by atoms with Gasteiger partial charge in [0, 0.05) is 16.9 Å². The largest absolute Gasteiger partial charge is 0.322 e. The van der Waals surface area contributed by atoms with Gasteiger partial charge in [0.15, 0.2) is 0 Å². The van der Waals surface area contributed by atoms with Crippen LogP contribution in [0.5, 0.6) is 0 Å². The lowest BCUT2D eigenvalue weighted by Crippen LogP contribution is -2.12. The lowest BCUT2D eigenvalue weighted by molar-refractivity contribution is 0.102. The van der Waals surface area contributed by atoms with E-state index in [1.54, 1.807) is 42.5 Å². The molecule has 2 N–H and O–H groups in total. The Balaban J connectivity index is 1.63. The fraction of sp³-hybridized carbons (Fsp3) is 0.0526. The molecule has 0 bridgehead atoms. The SMILES string of the molecule is Cc1ccc(C(=O)Nc2ccc(NC(=O)c3cccs3)cc2)cc1. The van der Waals surface area contributed by atoms with Crippen LogP contribution in [0, 0.1) is 6.92 Å². The van der Waals surface area contributed by atoms with Gasteiger partial charge in [0.05, 0.1) is 4.88 Å². The van der Waals surface area contributed by atoms with Crippen molar-refractivity contribution < 1.29 is 9.59 Å². The van der Waals surface area contributed by atoms with Crippen LogP contribution in [0.15, 0.2) is 66.0 Å². The Kier molecular flexibility index (Phi) is 4.72. The molecule has 3 aromatic rings. The molecule has 24 heavy (non-hydrogen) atoms. The van der Waals surface area contributed by atoms with E-state index in [9.17, 15) is 9.59 Å². The summed E-state index contributed by atoms with van der Waals surface area (Å²) in [6.45, 7) is 1.98. The topological polar surface area (TPSA) is 58.2 Å². The van der Waals surface area contributed by atoms with Gasteiger partial charge in [-0.25, -0.2) is 0 Å². The molecule has 0 fully saturated rings. The Hall–Kier alpha value is -2.92. The van der Waals surface area contributed by atoms with Gasteiger partial charge in [0.25, 0.3) is 11.8 Å². The van der Waals surface area contributed by atoms with Gasteiger partial charge in [-0.15, -0.1) is 11.3 Å². The third kappa shape index (κ3) is 3.88.